The SMILES string of the molecule is Nc1ccc(CC(=O)N2CCN(S(=O)(=O)c3ccc(F)cc3)CC2)cc1. The van der Waals surface area contributed by atoms with E-state index >= 15 is 0 Å². The van der Waals surface area contributed by atoms with Gasteiger partial charge in [0.15, 0.2) is 0 Å². The average Bonchev–Trinajstić information content (AvgIpc) is 2.64. The molecule has 6 nitrogen and oxygen atoms in total. The van der Waals surface area contributed by atoms with Crippen LogP contribution in [-0.2, 0) is 21.2 Å². The maximum absolute atomic E-state index is 13.0. The number of carbonyl (C=O) groups excluding carboxylic acids is 1. The second kappa shape index (κ2) is 7.43. The molecule has 1 amide bonds. The van der Waals surface area contributed by atoms with Crippen molar-refractivity contribution in [1.82, 2.24) is 9.21 Å². The first-order chi connectivity index (χ1) is 12.4. The minimum absolute atomic E-state index is 0.0476. The van der Waals surface area contributed by atoms with E-state index in [0.717, 1.165) is 17.7 Å². The Bertz CT molecular complexity index is 875. The maximum Gasteiger partial charge on any atom is 0.243 e. The first kappa shape index (κ1) is 18.3. The van der Waals surface area contributed by atoms with Gasteiger partial charge in [-0.05, 0) is 42.0 Å². The van der Waals surface area contributed by atoms with E-state index in [1.54, 1.807) is 17.0 Å². The number of sulfonamides is 1. The highest BCUT2D eigenvalue weighted by Crippen LogP contribution is 2.18. The average molecular weight is 377 g/mol. The first-order valence-corrected chi connectivity index (χ1v) is 9.68. The van der Waals surface area contributed by atoms with Gasteiger partial charge in [-0.3, -0.25) is 4.79 Å². The van der Waals surface area contributed by atoms with Gasteiger partial charge in [0.25, 0.3) is 0 Å². The van der Waals surface area contributed by atoms with E-state index in [1.165, 1.54) is 16.4 Å². The lowest BCUT2D eigenvalue weighted by atomic mass is 10.1. The number of rotatable bonds is 4. The Kier molecular flexibility index (Phi) is 5.24. The molecule has 0 bridgehead atoms. The minimum Gasteiger partial charge on any atom is -0.399 e. The van der Waals surface area contributed by atoms with Crippen LogP contribution in [0.2, 0.25) is 0 Å². The molecule has 1 aliphatic heterocycles. The Morgan fingerprint density at radius 3 is 2.12 bits per heavy atom. The van der Waals surface area contributed by atoms with Crippen molar-refractivity contribution < 1.29 is 17.6 Å². The molecule has 2 N–H and O–H groups in total. The molecule has 138 valence electrons. The fourth-order valence-corrected chi connectivity index (χ4v) is 4.28. The van der Waals surface area contributed by atoms with Gasteiger partial charge in [0.2, 0.25) is 15.9 Å². The summed E-state index contributed by atoms with van der Waals surface area (Å²) >= 11 is 0. The van der Waals surface area contributed by atoms with Crippen LogP contribution >= 0.6 is 0 Å². The number of carbonyl (C=O) groups is 1. The van der Waals surface area contributed by atoms with Crippen LogP contribution < -0.4 is 5.73 Å². The first-order valence-electron chi connectivity index (χ1n) is 8.24. The van der Waals surface area contributed by atoms with Crippen LogP contribution in [0.4, 0.5) is 10.1 Å². The normalized spacial score (nSPS) is 15.8. The number of piperazine rings is 1. The molecular weight excluding hydrogens is 357 g/mol. The topological polar surface area (TPSA) is 83.7 Å². The number of nitrogens with zero attached hydrogens (tertiary/aromatic N) is 2. The van der Waals surface area contributed by atoms with E-state index < -0.39 is 15.8 Å². The monoisotopic (exact) mass is 377 g/mol. The van der Waals surface area contributed by atoms with Gasteiger partial charge in [0, 0.05) is 31.9 Å². The van der Waals surface area contributed by atoms with Crippen molar-refractivity contribution in [3.05, 3.63) is 59.9 Å². The summed E-state index contributed by atoms with van der Waals surface area (Å²) in [5, 5.41) is 0. The van der Waals surface area contributed by atoms with E-state index in [-0.39, 0.29) is 30.3 Å². The van der Waals surface area contributed by atoms with Crippen molar-refractivity contribution in [2.45, 2.75) is 11.3 Å². The summed E-state index contributed by atoms with van der Waals surface area (Å²) < 4.78 is 39.5. The summed E-state index contributed by atoms with van der Waals surface area (Å²) in [4.78, 5) is 14.1. The Morgan fingerprint density at radius 2 is 1.54 bits per heavy atom. The Balaban J connectivity index is 1.60. The highest BCUT2D eigenvalue weighted by molar-refractivity contribution is 7.89. The van der Waals surface area contributed by atoms with Crippen LogP contribution in [0.15, 0.2) is 53.4 Å². The van der Waals surface area contributed by atoms with Crippen LogP contribution in [0.3, 0.4) is 0 Å². The highest BCUT2D eigenvalue weighted by Gasteiger charge is 2.30. The number of hydrogen-bond donors (Lipinski definition) is 1. The summed E-state index contributed by atoms with van der Waals surface area (Å²) in [6.45, 7) is 1.09. The summed E-state index contributed by atoms with van der Waals surface area (Å²) in [5.74, 6) is -0.532. The second-order valence-electron chi connectivity index (χ2n) is 6.16. The molecule has 0 aliphatic carbocycles. The summed E-state index contributed by atoms with van der Waals surface area (Å²) in [6.07, 6.45) is 0.255. The van der Waals surface area contributed by atoms with Gasteiger partial charge < -0.3 is 10.6 Å². The number of nitrogens with two attached hydrogens (primary N) is 1. The maximum atomic E-state index is 13.0. The lowest BCUT2D eigenvalue weighted by molar-refractivity contribution is -0.131. The molecule has 0 unspecified atom stereocenters. The van der Waals surface area contributed by atoms with Crippen molar-refractivity contribution in [3.63, 3.8) is 0 Å². The lowest BCUT2D eigenvalue weighted by Gasteiger charge is -2.34. The molecule has 0 radical (unpaired) electrons. The van der Waals surface area contributed by atoms with Crippen LogP contribution in [0.1, 0.15) is 5.56 Å². The molecule has 8 heteroatoms. The predicted octanol–water partition coefficient (Wildman–Crippen LogP) is 1.48. The van der Waals surface area contributed by atoms with Gasteiger partial charge in [-0.1, -0.05) is 12.1 Å². The molecule has 1 heterocycles. The molecule has 2 aromatic rings. The Hall–Kier alpha value is -2.45. The minimum atomic E-state index is -3.68. The molecule has 1 aliphatic rings. The zero-order valence-electron chi connectivity index (χ0n) is 14.1. The van der Waals surface area contributed by atoms with Gasteiger partial charge in [0.1, 0.15) is 5.82 Å². The van der Waals surface area contributed by atoms with Crippen LogP contribution in [0.5, 0.6) is 0 Å². The third-order valence-electron chi connectivity index (χ3n) is 4.38. The van der Waals surface area contributed by atoms with Gasteiger partial charge in [-0.15, -0.1) is 0 Å². The molecule has 0 spiro atoms. The number of halogens is 1. The standard InChI is InChI=1S/C18H20FN3O3S/c19-15-3-7-17(8-4-15)26(24,25)22-11-9-21(10-12-22)18(23)13-14-1-5-16(20)6-2-14/h1-8H,9-13,20H2. The van der Waals surface area contributed by atoms with Crippen molar-refractivity contribution in [2.75, 3.05) is 31.9 Å². The fraction of sp³-hybridized carbons (Fsp3) is 0.278. The molecule has 0 aromatic heterocycles. The second-order valence-corrected chi connectivity index (χ2v) is 8.10. The zero-order valence-corrected chi connectivity index (χ0v) is 15.0. The van der Waals surface area contributed by atoms with Crippen LogP contribution in [-0.4, -0.2) is 49.7 Å². The summed E-state index contributed by atoms with van der Waals surface area (Å²) in [6, 6.07) is 11.9. The van der Waals surface area contributed by atoms with Crippen LogP contribution in [0.25, 0.3) is 0 Å². The van der Waals surface area contributed by atoms with Crippen molar-refractivity contribution in [1.29, 1.82) is 0 Å². The molecule has 1 saturated heterocycles. The largest absolute Gasteiger partial charge is 0.399 e. The molecular formula is C18H20FN3O3S. The van der Waals surface area contributed by atoms with E-state index in [2.05, 4.69) is 0 Å². The number of hydrogen-bond acceptors (Lipinski definition) is 4. The molecule has 0 atom stereocenters. The van der Waals surface area contributed by atoms with Crippen LogP contribution in [0, 0.1) is 5.82 Å². The third kappa shape index (κ3) is 4.03. The van der Waals surface area contributed by atoms with E-state index in [1.807, 2.05) is 12.1 Å². The van der Waals surface area contributed by atoms with Crippen molar-refractivity contribution in [2.24, 2.45) is 0 Å². The van der Waals surface area contributed by atoms with E-state index in [4.69, 9.17) is 5.73 Å². The number of anilines is 1. The molecule has 1 fully saturated rings. The predicted molar refractivity (Wildman–Crippen MR) is 96.3 cm³/mol. The molecule has 26 heavy (non-hydrogen) atoms. The molecule has 3 rings (SSSR count). The summed E-state index contributed by atoms with van der Waals surface area (Å²) in [7, 11) is -3.68. The third-order valence-corrected chi connectivity index (χ3v) is 6.29. The molecule has 2 aromatic carbocycles. The fourth-order valence-electron chi connectivity index (χ4n) is 2.86. The van der Waals surface area contributed by atoms with E-state index in [0.29, 0.717) is 18.8 Å². The molecule has 0 saturated carbocycles. The Labute approximate surface area is 152 Å². The van der Waals surface area contributed by atoms with Gasteiger partial charge in [-0.25, -0.2) is 12.8 Å². The smallest absolute Gasteiger partial charge is 0.243 e. The lowest BCUT2D eigenvalue weighted by Crippen LogP contribution is -2.50. The Morgan fingerprint density at radius 1 is 0.962 bits per heavy atom. The summed E-state index contributed by atoms with van der Waals surface area (Å²) in [5.41, 5.74) is 7.14. The van der Waals surface area contributed by atoms with E-state index in [9.17, 15) is 17.6 Å². The quantitative estimate of drug-likeness (QED) is 0.818. The zero-order chi connectivity index (χ0) is 18.7. The van der Waals surface area contributed by atoms with Gasteiger partial charge in [-0.2, -0.15) is 4.31 Å². The van der Waals surface area contributed by atoms with Crippen molar-refractivity contribution in [3.8, 4) is 0 Å². The van der Waals surface area contributed by atoms with Gasteiger partial charge >= 0.3 is 0 Å². The highest BCUT2D eigenvalue weighted by atomic mass is 32.2. The number of benzene rings is 2. The number of nitrogen functional groups attached to an aromatic ring is 1. The number of amides is 1. The van der Waals surface area contributed by atoms with Crippen molar-refractivity contribution >= 4 is 21.6 Å². The van der Waals surface area contributed by atoms with Gasteiger partial charge in [0.05, 0.1) is 11.3 Å².